The second-order valence-corrected chi connectivity index (χ2v) is 4.07. The first-order valence-electron chi connectivity index (χ1n) is 5.78. The van der Waals surface area contributed by atoms with Gasteiger partial charge < -0.3 is 15.0 Å². The lowest BCUT2D eigenvalue weighted by atomic mass is 10.0. The van der Waals surface area contributed by atoms with E-state index in [1.807, 2.05) is 6.92 Å². The summed E-state index contributed by atoms with van der Waals surface area (Å²) in [5.41, 5.74) is 0. The summed E-state index contributed by atoms with van der Waals surface area (Å²) in [6.45, 7) is 6.34. The summed E-state index contributed by atoms with van der Waals surface area (Å²) < 4.78 is 5.28. The van der Waals surface area contributed by atoms with Crippen LogP contribution in [0.2, 0.25) is 0 Å². The molecule has 1 atom stereocenters. The normalized spacial score (nSPS) is 21.0. The molecule has 15 heavy (non-hydrogen) atoms. The van der Waals surface area contributed by atoms with Gasteiger partial charge in [0.2, 0.25) is 5.91 Å². The molecule has 0 aromatic heterocycles. The maximum atomic E-state index is 11.3. The van der Waals surface area contributed by atoms with Crippen molar-refractivity contribution in [2.75, 3.05) is 39.9 Å². The van der Waals surface area contributed by atoms with Gasteiger partial charge in [-0.3, -0.25) is 4.79 Å². The van der Waals surface area contributed by atoms with Gasteiger partial charge in [0.15, 0.2) is 0 Å². The highest BCUT2D eigenvalue weighted by Crippen LogP contribution is 2.13. The zero-order chi connectivity index (χ0) is 11.1. The SMILES string of the molecule is CCOCCN(C)CC[C@H]1CCNC1=O. The van der Waals surface area contributed by atoms with Crippen molar-refractivity contribution in [2.24, 2.45) is 5.92 Å². The van der Waals surface area contributed by atoms with E-state index in [2.05, 4.69) is 17.3 Å². The molecule has 1 aliphatic rings. The van der Waals surface area contributed by atoms with Gasteiger partial charge in [-0.25, -0.2) is 0 Å². The fraction of sp³-hybridized carbons (Fsp3) is 0.909. The van der Waals surface area contributed by atoms with Crippen LogP contribution in [0.3, 0.4) is 0 Å². The van der Waals surface area contributed by atoms with Gasteiger partial charge in [0.05, 0.1) is 6.61 Å². The van der Waals surface area contributed by atoms with Gasteiger partial charge in [0.1, 0.15) is 0 Å². The minimum absolute atomic E-state index is 0.230. The van der Waals surface area contributed by atoms with E-state index in [0.29, 0.717) is 0 Å². The summed E-state index contributed by atoms with van der Waals surface area (Å²) >= 11 is 0. The van der Waals surface area contributed by atoms with Crippen molar-refractivity contribution in [1.29, 1.82) is 0 Å². The van der Waals surface area contributed by atoms with Gasteiger partial charge in [-0.1, -0.05) is 0 Å². The molecule has 1 rings (SSSR count). The number of carbonyl (C=O) groups excluding carboxylic acids is 1. The van der Waals surface area contributed by atoms with Crippen molar-refractivity contribution >= 4 is 5.91 Å². The fourth-order valence-corrected chi connectivity index (χ4v) is 1.77. The van der Waals surface area contributed by atoms with E-state index in [9.17, 15) is 4.79 Å². The Hall–Kier alpha value is -0.610. The van der Waals surface area contributed by atoms with E-state index >= 15 is 0 Å². The average Bonchev–Trinajstić information content (AvgIpc) is 2.61. The highest BCUT2D eigenvalue weighted by atomic mass is 16.5. The Kier molecular flexibility index (Phi) is 5.65. The molecule has 1 amide bonds. The standard InChI is InChI=1S/C11H22N2O2/c1-3-15-9-8-13(2)7-5-10-4-6-12-11(10)14/h10H,3-9H2,1-2H3,(H,12,14)/t10-/m1/s1. The topological polar surface area (TPSA) is 41.6 Å². The molecule has 0 saturated carbocycles. The molecule has 0 bridgehead atoms. The zero-order valence-electron chi connectivity index (χ0n) is 9.79. The maximum absolute atomic E-state index is 11.3. The molecular weight excluding hydrogens is 192 g/mol. The van der Waals surface area contributed by atoms with Gasteiger partial charge in [-0.05, 0) is 33.4 Å². The lowest BCUT2D eigenvalue weighted by molar-refractivity contribution is -0.122. The molecule has 0 spiro atoms. The molecule has 1 aliphatic heterocycles. The van der Waals surface area contributed by atoms with Crippen LogP contribution in [0.5, 0.6) is 0 Å². The first kappa shape index (κ1) is 12.5. The van der Waals surface area contributed by atoms with Crippen LogP contribution in [0, 0.1) is 5.92 Å². The van der Waals surface area contributed by atoms with Crippen molar-refractivity contribution in [3.8, 4) is 0 Å². The van der Waals surface area contributed by atoms with E-state index in [4.69, 9.17) is 4.74 Å². The second-order valence-electron chi connectivity index (χ2n) is 4.07. The Labute approximate surface area is 92.0 Å². The monoisotopic (exact) mass is 214 g/mol. The Bertz CT molecular complexity index is 197. The first-order valence-corrected chi connectivity index (χ1v) is 5.78. The van der Waals surface area contributed by atoms with Crippen LogP contribution in [0.4, 0.5) is 0 Å². The van der Waals surface area contributed by atoms with E-state index in [1.54, 1.807) is 0 Å². The second kappa shape index (κ2) is 6.80. The number of carbonyl (C=O) groups is 1. The molecule has 1 saturated heterocycles. The van der Waals surface area contributed by atoms with Crippen LogP contribution in [-0.4, -0.2) is 50.7 Å². The zero-order valence-corrected chi connectivity index (χ0v) is 9.79. The average molecular weight is 214 g/mol. The molecule has 1 fully saturated rings. The Morgan fingerprint density at radius 2 is 2.33 bits per heavy atom. The highest BCUT2D eigenvalue weighted by Gasteiger charge is 2.23. The number of nitrogens with zero attached hydrogens (tertiary/aromatic N) is 1. The maximum Gasteiger partial charge on any atom is 0.223 e. The molecule has 0 aromatic carbocycles. The molecule has 88 valence electrons. The first-order chi connectivity index (χ1) is 7.24. The smallest absolute Gasteiger partial charge is 0.223 e. The molecule has 4 nitrogen and oxygen atoms in total. The van der Waals surface area contributed by atoms with Crippen molar-refractivity contribution in [1.82, 2.24) is 10.2 Å². The molecule has 0 aromatic rings. The molecular formula is C11H22N2O2. The van der Waals surface area contributed by atoms with Crippen molar-refractivity contribution in [2.45, 2.75) is 19.8 Å². The number of ether oxygens (including phenoxy) is 1. The lowest BCUT2D eigenvalue weighted by Gasteiger charge is -2.17. The number of hydrogen-bond acceptors (Lipinski definition) is 3. The molecule has 0 unspecified atom stereocenters. The lowest BCUT2D eigenvalue weighted by Crippen LogP contribution is -2.27. The Morgan fingerprint density at radius 3 is 2.93 bits per heavy atom. The summed E-state index contributed by atoms with van der Waals surface area (Å²) in [6.07, 6.45) is 1.96. The van der Waals surface area contributed by atoms with Crippen LogP contribution < -0.4 is 5.32 Å². The van der Waals surface area contributed by atoms with Gasteiger partial charge in [0, 0.05) is 25.6 Å². The van der Waals surface area contributed by atoms with Gasteiger partial charge in [0.25, 0.3) is 0 Å². The van der Waals surface area contributed by atoms with Crippen molar-refractivity contribution in [3.63, 3.8) is 0 Å². The third kappa shape index (κ3) is 4.62. The van der Waals surface area contributed by atoms with E-state index in [-0.39, 0.29) is 11.8 Å². The third-order valence-electron chi connectivity index (χ3n) is 2.84. The van der Waals surface area contributed by atoms with E-state index < -0.39 is 0 Å². The molecule has 1 heterocycles. The minimum Gasteiger partial charge on any atom is -0.380 e. The number of rotatable bonds is 7. The summed E-state index contributed by atoms with van der Waals surface area (Å²) in [5, 5.41) is 2.86. The third-order valence-corrected chi connectivity index (χ3v) is 2.84. The predicted octanol–water partition coefficient (Wildman–Crippen LogP) is 0.481. The summed E-state index contributed by atoms with van der Waals surface area (Å²) in [4.78, 5) is 13.5. The largest absolute Gasteiger partial charge is 0.380 e. The number of nitrogens with one attached hydrogen (secondary N) is 1. The minimum atomic E-state index is 0.230. The molecule has 0 radical (unpaired) electrons. The predicted molar refractivity (Wildman–Crippen MR) is 59.7 cm³/mol. The van der Waals surface area contributed by atoms with Gasteiger partial charge in [-0.15, -0.1) is 0 Å². The van der Waals surface area contributed by atoms with Gasteiger partial charge >= 0.3 is 0 Å². The quantitative estimate of drug-likeness (QED) is 0.627. The van der Waals surface area contributed by atoms with Crippen LogP contribution >= 0.6 is 0 Å². The van der Waals surface area contributed by atoms with Crippen LogP contribution in [-0.2, 0) is 9.53 Å². The Balaban J connectivity index is 2.05. The Morgan fingerprint density at radius 1 is 1.53 bits per heavy atom. The summed E-state index contributed by atoms with van der Waals surface area (Å²) in [7, 11) is 2.08. The number of amides is 1. The van der Waals surface area contributed by atoms with Crippen LogP contribution in [0.15, 0.2) is 0 Å². The van der Waals surface area contributed by atoms with E-state index in [1.165, 1.54) is 0 Å². The molecule has 4 heteroatoms. The van der Waals surface area contributed by atoms with Crippen molar-refractivity contribution < 1.29 is 9.53 Å². The number of likely N-dealkylation sites (N-methyl/N-ethyl adjacent to an activating group) is 1. The summed E-state index contributed by atoms with van der Waals surface area (Å²) in [5.74, 6) is 0.466. The van der Waals surface area contributed by atoms with Crippen molar-refractivity contribution in [3.05, 3.63) is 0 Å². The highest BCUT2D eigenvalue weighted by molar-refractivity contribution is 5.80. The summed E-state index contributed by atoms with van der Waals surface area (Å²) in [6, 6.07) is 0. The molecule has 0 aliphatic carbocycles. The molecule has 1 N–H and O–H groups in total. The van der Waals surface area contributed by atoms with Crippen LogP contribution in [0.25, 0.3) is 0 Å². The van der Waals surface area contributed by atoms with Gasteiger partial charge in [-0.2, -0.15) is 0 Å². The van der Waals surface area contributed by atoms with E-state index in [0.717, 1.165) is 45.7 Å². The van der Waals surface area contributed by atoms with Crippen LogP contribution in [0.1, 0.15) is 19.8 Å². The number of hydrogen-bond donors (Lipinski definition) is 1. The fourth-order valence-electron chi connectivity index (χ4n) is 1.77.